The molecule has 0 aliphatic heterocycles. The molecule has 4 rings (SSSR count). The summed E-state index contributed by atoms with van der Waals surface area (Å²) >= 11 is 0. The van der Waals surface area contributed by atoms with E-state index in [4.69, 9.17) is 4.98 Å². The van der Waals surface area contributed by atoms with E-state index in [1.165, 1.54) is 16.3 Å². The van der Waals surface area contributed by atoms with Gasteiger partial charge in [0.2, 0.25) is 0 Å². The summed E-state index contributed by atoms with van der Waals surface area (Å²) in [4.78, 5) is 4.77. The number of hydrogen-bond donors (Lipinski definition) is 0. The summed E-state index contributed by atoms with van der Waals surface area (Å²) in [6, 6.07) is 8.43. The number of rotatable bonds is 3. The minimum absolute atomic E-state index is 0.0209. The lowest BCUT2D eigenvalue weighted by atomic mass is 9.63. The van der Waals surface area contributed by atoms with Crippen molar-refractivity contribution < 1.29 is 4.39 Å². The molecule has 1 aromatic heterocycles. The summed E-state index contributed by atoms with van der Waals surface area (Å²) in [6.45, 7) is 10.6. The molecule has 1 atom stereocenters. The van der Waals surface area contributed by atoms with Crippen molar-refractivity contribution in [2.24, 2.45) is 11.8 Å². The maximum absolute atomic E-state index is 15.5. The number of hydrogen-bond acceptors (Lipinski definition) is 1. The number of allylic oxidation sites excluding steroid dienone is 6. The topological polar surface area (TPSA) is 12.9 Å². The standard InChI is InChI=1S/C25H28FN/c1-15(2)8-6-10-18-14-16(3)23(26)22-21(18)24-20-17(12-13-27-24)9-7-11-19(20)25(22,4)5/h6-9,11-13,15,18H,10,14H2,1-5H3. The van der Waals surface area contributed by atoms with Crippen molar-refractivity contribution in [3.05, 3.63) is 70.8 Å². The van der Waals surface area contributed by atoms with Crippen LogP contribution in [0.2, 0.25) is 0 Å². The Bertz CT molecular complexity index is 999. The van der Waals surface area contributed by atoms with Crippen molar-refractivity contribution in [1.82, 2.24) is 4.98 Å². The zero-order chi connectivity index (χ0) is 19.3. The van der Waals surface area contributed by atoms with Gasteiger partial charge in [-0.2, -0.15) is 0 Å². The van der Waals surface area contributed by atoms with Crippen LogP contribution < -0.4 is 0 Å². The Balaban J connectivity index is 1.99. The Morgan fingerprint density at radius 1 is 1.26 bits per heavy atom. The quantitative estimate of drug-likeness (QED) is 0.529. The van der Waals surface area contributed by atoms with Gasteiger partial charge >= 0.3 is 0 Å². The zero-order valence-corrected chi connectivity index (χ0v) is 16.9. The lowest BCUT2D eigenvalue weighted by molar-refractivity contribution is 0.510. The van der Waals surface area contributed by atoms with Gasteiger partial charge in [0.25, 0.3) is 0 Å². The van der Waals surface area contributed by atoms with Crippen molar-refractivity contribution in [1.29, 1.82) is 0 Å². The highest BCUT2D eigenvalue weighted by molar-refractivity contribution is 6.00. The third kappa shape index (κ3) is 2.77. The third-order valence-corrected chi connectivity index (χ3v) is 6.11. The first-order valence-electron chi connectivity index (χ1n) is 9.98. The van der Waals surface area contributed by atoms with Crippen molar-refractivity contribution in [3.63, 3.8) is 0 Å². The Morgan fingerprint density at radius 2 is 2.04 bits per heavy atom. The van der Waals surface area contributed by atoms with Crippen LogP contribution in [0.15, 0.2) is 59.6 Å². The normalized spacial score (nSPS) is 21.5. The molecule has 2 aliphatic rings. The number of fused-ring (bicyclic) bond motifs is 1. The van der Waals surface area contributed by atoms with Gasteiger partial charge in [-0.25, -0.2) is 4.39 Å². The van der Waals surface area contributed by atoms with Crippen LogP contribution >= 0.6 is 0 Å². The average molecular weight is 362 g/mol. The van der Waals surface area contributed by atoms with Crippen LogP contribution in [0.1, 0.15) is 58.7 Å². The summed E-state index contributed by atoms with van der Waals surface area (Å²) in [7, 11) is 0. The molecule has 0 amide bonds. The number of nitrogens with zero attached hydrogens (tertiary/aromatic N) is 1. The molecule has 140 valence electrons. The van der Waals surface area contributed by atoms with Crippen LogP contribution in [0.25, 0.3) is 16.3 Å². The molecule has 0 spiro atoms. The highest BCUT2D eigenvalue weighted by atomic mass is 19.1. The second kappa shape index (κ2) is 6.44. The Morgan fingerprint density at radius 3 is 2.78 bits per heavy atom. The predicted octanol–water partition coefficient (Wildman–Crippen LogP) is 7.15. The average Bonchev–Trinajstić information content (AvgIpc) is 2.62. The molecule has 0 saturated carbocycles. The molecule has 1 unspecified atom stereocenters. The first kappa shape index (κ1) is 18.2. The van der Waals surface area contributed by atoms with Crippen LogP contribution in [0, 0.1) is 11.8 Å². The molecule has 0 saturated heterocycles. The summed E-state index contributed by atoms with van der Waals surface area (Å²) in [5.74, 6) is 0.785. The number of pyridine rings is 1. The van der Waals surface area contributed by atoms with Crippen molar-refractivity contribution in [3.8, 4) is 0 Å². The SMILES string of the molecule is CC1=C(F)C2=C(c3nccc4cccc(c34)C2(C)C)C(CC=CC(C)C)C1. The zero-order valence-electron chi connectivity index (χ0n) is 16.9. The Labute approximate surface area is 161 Å². The van der Waals surface area contributed by atoms with Gasteiger partial charge < -0.3 is 0 Å². The highest BCUT2D eigenvalue weighted by Crippen LogP contribution is 2.54. The van der Waals surface area contributed by atoms with Crippen LogP contribution in [0.5, 0.6) is 0 Å². The fourth-order valence-electron chi connectivity index (χ4n) is 4.83. The van der Waals surface area contributed by atoms with Crippen molar-refractivity contribution in [2.45, 2.75) is 52.9 Å². The molecule has 27 heavy (non-hydrogen) atoms. The Hall–Kier alpha value is -2.22. The molecule has 2 aliphatic carbocycles. The number of aromatic nitrogens is 1. The van der Waals surface area contributed by atoms with Gasteiger partial charge in [0, 0.05) is 22.6 Å². The number of halogens is 1. The lowest BCUT2D eigenvalue weighted by Gasteiger charge is -2.41. The summed E-state index contributed by atoms with van der Waals surface area (Å²) in [6.07, 6.45) is 8.08. The Kier molecular flexibility index (Phi) is 4.33. The predicted molar refractivity (Wildman–Crippen MR) is 112 cm³/mol. The smallest absolute Gasteiger partial charge is 0.126 e. The van der Waals surface area contributed by atoms with Crippen LogP contribution in [0.3, 0.4) is 0 Å². The van der Waals surface area contributed by atoms with Crippen LogP contribution in [0.4, 0.5) is 4.39 Å². The molecular weight excluding hydrogens is 333 g/mol. The van der Waals surface area contributed by atoms with Gasteiger partial charge in [-0.3, -0.25) is 4.98 Å². The van der Waals surface area contributed by atoms with Gasteiger partial charge in [-0.15, -0.1) is 0 Å². The van der Waals surface area contributed by atoms with Gasteiger partial charge in [0.15, 0.2) is 0 Å². The number of benzene rings is 1. The lowest BCUT2D eigenvalue weighted by Crippen LogP contribution is -2.31. The van der Waals surface area contributed by atoms with Crippen molar-refractivity contribution >= 4 is 16.3 Å². The minimum Gasteiger partial charge on any atom is -0.256 e. The van der Waals surface area contributed by atoms with E-state index in [1.54, 1.807) is 0 Å². The third-order valence-electron chi connectivity index (χ3n) is 6.11. The van der Waals surface area contributed by atoms with E-state index in [1.807, 2.05) is 13.1 Å². The molecule has 2 aromatic rings. The van der Waals surface area contributed by atoms with E-state index in [2.05, 4.69) is 64.1 Å². The molecule has 0 N–H and O–H groups in total. The summed E-state index contributed by atoms with van der Waals surface area (Å²) in [5, 5.41) is 2.40. The van der Waals surface area contributed by atoms with Crippen LogP contribution in [-0.2, 0) is 5.41 Å². The molecule has 2 heteroatoms. The van der Waals surface area contributed by atoms with Crippen molar-refractivity contribution in [2.75, 3.05) is 0 Å². The second-order valence-electron chi connectivity index (χ2n) is 8.88. The van der Waals surface area contributed by atoms with E-state index in [0.29, 0.717) is 5.92 Å². The van der Waals surface area contributed by atoms with Gasteiger partial charge in [-0.05, 0) is 59.8 Å². The van der Waals surface area contributed by atoms with Crippen LogP contribution in [-0.4, -0.2) is 4.98 Å². The van der Waals surface area contributed by atoms with Gasteiger partial charge in [0.1, 0.15) is 5.83 Å². The van der Waals surface area contributed by atoms with E-state index in [9.17, 15) is 0 Å². The molecule has 1 aromatic carbocycles. The van der Waals surface area contributed by atoms with E-state index in [-0.39, 0.29) is 17.2 Å². The fourth-order valence-corrected chi connectivity index (χ4v) is 4.83. The summed E-state index contributed by atoms with van der Waals surface area (Å²) in [5.41, 5.74) is 4.66. The minimum atomic E-state index is -0.364. The maximum atomic E-state index is 15.5. The fraction of sp³-hybridized carbons (Fsp3) is 0.400. The second-order valence-corrected chi connectivity index (χ2v) is 8.88. The van der Waals surface area contributed by atoms with E-state index in [0.717, 1.165) is 35.3 Å². The summed E-state index contributed by atoms with van der Waals surface area (Å²) < 4.78 is 15.5. The molecular formula is C25H28FN. The molecule has 0 fully saturated rings. The first-order chi connectivity index (χ1) is 12.8. The maximum Gasteiger partial charge on any atom is 0.126 e. The molecule has 0 bridgehead atoms. The first-order valence-corrected chi connectivity index (χ1v) is 9.98. The molecule has 1 nitrogen and oxygen atoms in total. The highest BCUT2D eigenvalue weighted by Gasteiger charge is 2.42. The van der Waals surface area contributed by atoms with E-state index < -0.39 is 0 Å². The largest absolute Gasteiger partial charge is 0.256 e. The molecule has 1 heterocycles. The molecule has 0 radical (unpaired) electrons. The van der Waals surface area contributed by atoms with Gasteiger partial charge in [0.05, 0.1) is 5.69 Å². The monoisotopic (exact) mass is 361 g/mol. The van der Waals surface area contributed by atoms with Gasteiger partial charge in [-0.1, -0.05) is 58.0 Å². The van der Waals surface area contributed by atoms with E-state index >= 15 is 4.39 Å².